The Labute approximate surface area is 103 Å². The van der Waals surface area contributed by atoms with Crippen LogP contribution in [0.15, 0.2) is 75.2 Å². The molecule has 0 aromatic carbocycles. The van der Waals surface area contributed by atoms with Crippen LogP contribution in [0.4, 0.5) is 0 Å². The molecule has 0 spiro atoms. The Morgan fingerprint density at radius 1 is 1.00 bits per heavy atom. The summed E-state index contributed by atoms with van der Waals surface area (Å²) in [5.41, 5.74) is 9.60. The fraction of sp³-hybridized carbons (Fsp3) is 0. The van der Waals surface area contributed by atoms with Crippen molar-refractivity contribution >= 4 is 11.4 Å². The summed E-state index contributed by atoms with van der Waals surface area (Å²) in [5.74, 6) is 0. The smallest absolute Gasteiger partial charge is 0.185 e. The van der Waals surface area contributed by atoms with Crippen molar-refractivity contribution < 1.29 is 0 Å². The summed E-state index contributed by atoms with van der Waals surface area (Å²) < 4.78 is 0. The Balaban J connectivity index is 2.40. The van der Waals surface area contributed by atoms with Gasteiger partial charge in [0.1, 0.15) is 0 Å². The lowest BCUT2D eigenvalue weighted by Gasteiger charge is -2.08. The molecular formula is C12H9N6+. The quantitative estimate of drug-likeness (QED) is 0.423. The summed E-state index contributed by atoms with van der Waals surface area (Å²) in [6.45, 7) is 0. The van der Waals surface area contributed by atoms with Crippen LogP contribution in [0.2, 0.25) is 0 Å². The monoisotopic (exact) mass is 237 g/mol. The Hall–Kier alpha value is -2.94. The first-order chi connectivity index (χ1) is 8.85. The highest BCUT2D eigenvalue weighted by Crippen LogP contribution is 2.19. The molecule has 0 aromatic rings. The molecule has 86 valence electrons. The number of nitrogens with zero attached hydrogens (tertiary/aromatic N) is 5. The van der Waals surface area contributed by atoms with E-state index in [1.54, 1.807) is 18.2 Å². The van der Waals surface area contributed by atoms with E-state index in [-0.39, 0.29) is 0 Å². The maximum Gasteiger partial charge on any atom is 0.339 e. The molecule has 6 heteroatoms. The molecule has 0 aromatic heterocycles. The first kappa shape index (κ1) is 11.5. The van der Waals surface area contributed by atoms with Crippen molar-refractivity contribution in [3.63, 3.8) is 0 Å². The van der Waals surface area contributed by atoms with Gasteiger partial charge in [-0.05, 0) is 23.8 Å². The minimum Gasteiger partial charge on any atom is -0.185 e. The molecule has 2 aliphatic rings. The van der Waals surface area contributed by atoms with Gasteiger partial charge in [-0.15, -0.1) is 5.10 Å². The zero-order valence-corrected chi connectivity index (χ0v) is 9.35. The third-order valence-corrected chi connectivity index (χ3v) is 2.40. The van der Waals surface area contributed by atoms with E-state index in [0.717, 1.165) is 11.1 Å². The zero-order valence-electron chi connectivity index (χ0n) is 9.35. The molecule has 0 amide bonds. The molecule has 0 heterocycles. The second-order valence-corrected chi connectivity index (χ2v) is 3.45. The second kappa shape index (κ2) is 5.41. The average molecular weight is 237 g/mol. The molecule has 0 bridgehead atoms. The molecule has 18 heavy (non-hydrogen) atoms. The number of diazo groups is 1. The van der Waals surface area contributed by atoms with Gasteiger partial charge in [-0.1, -0.05) is 35.6 Å². The lowest BCUT2D eigenvalue weighted by molar-refractivity contribution is 0.992. The molecule has 0 radical (unpaired) electrons. The molecule has 0 aliphatic heterocycles. The molecule has 2 aliphatic carbocycles. The largest absolute Gasteiger partial charge is 0.339 e. The van der Waals surface area contributed by atoms with E-state index in [4.69, 9.17) is 10.9 Å². The Morgan fingerprint density at radius 2 is 1.72 bits per heavy atom. The third kappa shape index (κ3) is 2.41. The van der Waals surface area contributed by atoms with Gasteiger partial charge in [0, 0.05) is 5.57 Å². The second-order valence-electron chi connectivity index (χ2n) is 3.45. The number of hydrogen-bond donors (Lipinski definition) is 1. The molecule has 1 N–H and O–H groups in total. The first-order valence-corrected chi connectivity index (χ1v) is 5.17. The third-order valence-electron chi connectivity index (χ3n) is 2.40. The van der Waals surface area contributed by atoms with E-state index in [9.17, 15) is 0 Å². The highest BCUT2D eigenvalue weighted by molar-refractivity contribution is 6.14. The van der Waals surface area contributed by atoms with Crippen molar-refractivity contribution in [3.05, 3.63) is 64.8 Å². The molecule has 6 nitrogen and oxygen atoms in total. The number of nitrogens with one attached hydrogen (secondary N) is 1. The highest BCUT2D eigenvalue weighted by atomic mass is 15.3. The molecule has 2 rings (SSSR count). The number of rotatable bonds is 1. The summed E-state index contributed by atoms with van der Waals surface area (Å²) in [7, 11) is 0. The van der Waals surface area contributed by atoms with Crippen LogP contribution in [0.25, 0.3) is 5.08 Å². The Kier molecular flexibility index (Phi) is 3.47. The van der Waals surface area contributed by atoms with Crippen molar-refractivity contribution in [2.45, 2.75) is 0 Å². The minimum atomic E-state index is 0.579. The van der Waals surface area contributed by atoms with Crippen LogP contribution >= 0.6 is 0 Å². The highest BCUT2D eigenvalue weighted by Gasteiger charge is 2.13. The standard InChI is InChI=1S/C12H9N6/c13-17-15-10-7-5-9(6-8-10)11-3-1-2-4-12(11)16-18-14/h1-8,13H/q+1/b11-9?,15-10?,16-12-,17-13?. The van der Waals surface area contributed by atoms with Crippen LogP contribution in [0.1, 0.15) is 0 Å². The van der Waals surface area contributed by atoms with Gasteiger partial charge >= 0.3 is 5.08 Å². The van der Waals surface area contributed by atoms with Crippen molar-refractivity contribution in [2.24, 2.45) is 15.4 Å². The molecule has 0 saturated heterocycles. The fourth-order valence-electron chi connectivity index (χ4n) is 1.62. The summed E-state index contributed by atoms with van der Waals surface area (Å²) >= 11 is 0. The van der Waals surface area contributed by atoms with Crippen molar-refractivity contribution in [3.8, 4) is 0 Å². The minimum absolute atomic E-state index is 0.579. The van der Waals surface area contributed by atoms with E-state index in [1.165, 1.54) is 0 Å². The van der Waals surface area contributed by atoms with Crippen LogP contribution in [-0.2, 0) is 0 Å². The predicted octanol–water partition coefficient (Wildman–Crippen LogP) is 3.13. The first-order valence-electron chi connectivity index (χ1n) is 5.17. The molecule has 0 fully saturated rings. The summed E-state index contributed by atoms with van der Waals surface area (Å²) in [6.07, 6.45) is 14.5. The normalized spacial score (nSPS) is 19.3. The summed E-state index contributed by atoms with van der Waals surface area (Å²) in [6, 6.07) is 0. The average Bonchev–Trinajstić information content (AvgIpc) is 2.41. The van der Waals surface area contributed by atoms with Crippen LogP contribution in [0.5, 0.6) is 0 Å². The maximum atomic E-state index is 8.52. The van der Waals surface area contributed by atoms with E-state index in [2.05, 4.69) is 20.5 Å². The van der Waals surface area contributed by atoms with Gasteiger partial charge in [0.05, 0.1) is 5.71 Å². The molecule has 0 saturated carbocycles. The van der Waals surface area contributed by atoms with Crippen LogP contribution in [0.3, 0.4) is 0 Å². The van der Waals surface area contributed by atoms with Gasteiger partial charge in [-0.2, -0.15) is 5.53 Å². The van der Waals surface area contributed by atoms with Gasteiger partial charge in [-0.25, -0.2) is 0 Å². The predicted molar refractivity (Wildman–Crippen MR) is 68.7 cm³/mol. The molecule has 0 atom stereocenters. The van der Waals surface area contributed by atoms with Gasteiger partial charge in [-0.3, -0.25) is 0 Å². The van der Waals surface area contributed by atoms with Gasteiger partial charge in [0.2, 0.25) is 0 Å². The maximum absolute atomic E-state index is 8.52. The Morgan fingerprint density at radius 3 is 2.39 bits per heavy atom. The summed E-state index contributed by atoms with van der Waals surface area (Å²) in [4.78, 5) is 0. The van der Waals surface area contributed by atoms with Crippen LogP contribution < -0.4 is 0 Å². The van der Waals surface area contributed by atoms with E-state index >= 15 is 0 Å². The van der Waals surface area contributed by atoms with Crippen molar-refractivity contribution in [1.29, 1.82) is 10.9 Å². The van der Waals surface area contributed by atoms with Gasteiger partial charge in [0.25, 0.3) is 5.39 Å². The molecule has 0 unspecified atom stereocenters. The van der Waals surface area contributed by atoms with Crippen LogP contribution in [-0.4, -0.2) is 11.4 Å². The number of hydrogen-bond acceptors (Lipinski definition) is 4. The number of allylic oxidation sites excluding steroid dienone is 10. The van der Waals surface area contributed by atoms with Crippen molar-refractivity contribution in [1.82, 2.24) is 0 Å². The fourth-order valence-corrected chi connectivity index (χ4v) is 1.62. The van der Waals surface area contributed by atoms with E-state index in [1.807, 2.05) is 30.4 Å². The zero-order chi connectivity index (χ0) is 12.8. The van der Waals surface area contributed by atoms with E-state index in [0.29, 0.717) is 11.4 Å². The topological polar surface area (TPSA) is 89.1 Å². The van der Waals surface area contributed by atoms with E-state index < -0.39 is 0 Å². The van der Waals surface area contributed by atoms with Crippen molar-refractivity contribution in [2.75, 3.05) is 0 Å². The van der Waals surface area contributed by atoms with Gasteiger partial charge in [0.15, 0.2) is 10.8 Å². The lowest BCUT2D eigenvalue weighted by atomic mass is 9.96. The Bertz CT molecular complexity index is 601. The molecular weight excluding hydrogens is 228 g/mol. The van der Waals surface area contributed by atoms with Gasteiger partial charge < -0.3 is 0 Å². The lowest BCUT2D eigenvalue weighted by Crippen LogP contribution is -2.04. The SMILES string of the molecule is N#[N+]/N=C1/C=CC=CC1=C1C=CC(=NN=N)C=C1. The summed E-state index contributed by atoms with van der Waals surface area (Å²) in [5, 5.41) is 21.5. The van der Waals surface area contributed by atoms with Crippen LogP contribution in [0, 0.1) is 10.9 Å².